The molecule has 2 N–H and O–H groups in total. The van der Waals surface area contributed by atoms with Gasteiger partial charge in [0.15, 0.2) is 5.65 Å². The van der Waals surface area contributed by atoms with Crippen molar-refractivity contribution in [3.05, 3.63) is 42.4 Å². The number of ether oxygens (including phenoxy) is 1. The summed E-state index contributed by atoms with van der Waals surface area (Å²) in [5.74, 6) is -3.01. The molecule has 1 atom stereocenters. The third-order valence-electron chi connectivity index (χ3n) is 5.11. The van der Waals surface area contributed by atoms with Gasteiger partial charge in [-0.1, -0.05) is 12.1 Å². The van der Waals surface area contributed by atoms with E-state index in [1.165, 1.54) is 36.8 Å². The zero-order valence-electron chi connectivity index (χ0n) is 16.6. The van der Waals surface area contributed by atoms with Crippen LogP contribution in [0.15, 0.2) is 36.8 Å². The van der Waals surface area contributed by atoms with Gasteiger partial charge in [0, 0.05) is 13.1 Å². The van der Waals surface area contributed by atoms with Crippen molar-refractivity contribution < 1.29 is 26.7 Å². The third kappa shape index (κ3) is 5.74. The Labute approximate surface area is 185 Å². The number of benzene rings is 1. The summed E-state index contributed by atoms with van der Waals surface area (Å²) >= 11 is 0. The van der Waals surface area contributed by atoms with Crippen molar-refractivity contribution in [2.24, 2.45) is 0 Å². The molecule has 1 aliphatic rings. The molecule has 1 saturated heterocycles. The van der Waals surface area contributed by atoms with Crippen molar-refractivity contribution in [1.29, 1.82) is 0 Å². The number of alkyl halides is 5. The molecule has 174 valence electrons. The highest BCUT2D eigenvalue weighted by molar-refractivity contribution is 5.86. The van der Waals surface area contributed by atoms with Crippen LogP contribution < -0.4 is 10.1 Å². The summed E-state index contributed by atoms with van der Waals surface area (Å²) in [7, 11) is 0. The van der Waals surface area contributed by atoms with Crippen LogP contribution >= 0.6 is 12.4 Å². The second-order valence-electron chi connectivity index (χ2n) is 7.32. The Balaban J connectivity index is 0.00000289. The highest BCUT2D eigenvalue weighted by Crippen LogP contribution is 2.31. The van der Waals surface area contributed by atoms with Gasteiger partial charge in [-0.25, -0.2) is 18.7 Å². The SMILES string of the molecule is Cl.FC(F)(F)Oc1ccc(CCN2CC[C@@H](Nc3ncnc4[nH]ncc34)C(F)(F)C2)cc1. The lowest BCUT2D eigenvalue weighted by Gasteiger charge is -2.38. The average Bonchev–Trinajstić information content (AvgIpc) is 3.17. The molecule has 1 aromatic carbocycles. The highest BCUT2D eigenvalue weighted by Gasteiger charge is 2.44. The topological polar surface area (TPSA) is 79.0 Å². The first-order valence-electron chi connectivity index (χ1n) is 9.55. The number of aromatic amines is 1. The molecule has 0 unspecified atom stereocenters. The summed E-state index contributed by atoms with van der Waals surface area (Å²) in [4.78, 5) is 9.69. The standard InChI is InChI=1S/C19H19F5N6O.ClH/c20-18(21)10-30(7-5-12-1-3-13(4-2-12)31-19(22,23)24)8-6-15(18)28-16-14-9-27-29-17(14)26-11-25-16;/h1-4,9,11,15H,5-8,10H2,(H2,25,26,27,28,29);1H/t15-;/m1./s1. The summed E-state index contributed by atoms with van der Waals surface area (Å²) in [6, 6.07) is 4.34. The predicted octanol–water partition coefficient (Wildman–Crippen LogP) is 4.04. The molecule has 13 heteroatoms. The quantitative estimate of drug-likeness (QED) is 0.521. The maximum absolute atomic E-state index is 14.8. The lowest BCUT2D eigenvalue weighted by Crippen LogP contribution is -2.54. The first-order valence-corrected chi connectivity index (χ1v) is 9.55. The second kappa shape index (κ2) is 9.41. The van der Waals surface area contributed by atoms with Crippen LogP contribution in [-0.4, -0.2) is 63.0 Å². The predicted molar refractivity (Wildman–Crippen MR) is 109 cm³/mol. The smallest absolute Gasteiger partial charge is 0.406 e. The van der Waals surface area contributed by atoms with Gasteiger partial charge in [-0.2, -0.15) is 5.10 Å². The molecule has 0 saturated carbocycles. The Kier molecular flexibility index (Phi) is 7.03. The number of nitrogens with zero attached hydrogens (tertiary/aromatic N) is 4. The molecular weight excluding hydrogens is 459 g/mol. The number of nitrogens with one attached hydrogen (secondary N) is 2. The van der Waals surface area contributed by atoms with E-state index in [0.717, 1.165) is 5.56 Å². The number of hydrogen-bond donors (Lipinski definition) is 2. The maximum Gasteiger partial charge on any atom is 0.573 e. The first-order chi connectivity index (χ1) is 14.7. The molecule has 0 spiro atoms. The molecule has 32 heavy (non-hydrogen) atoms. The first kappa shape index (κ1) is 23.9. The number of likely N-dealkylation sites (tertiary alicyclic amines) is 1. The van der Waals surface area contributed by atoms with Gasteiger partial charge in [-0.15, -0.1) is 25.6 Å². The van der Waals surface area contributed by atoms with E-state index < -0.39 is 24.9 Å². The molecule has 3 aromatic rings. The van der Waals surface area contributed by atoms with Gasteiger partial charge in [0.1, 0.15) is 17.9 Å². The summed E-state index contributed by atoms with van der Waals surface area (Å²) in [5, 5.41) is 9.89. The third-order valence-corrected chi connectivity index (χ3v) is 5.11. The summed E-state index contributed by atoms with van der Waals surface area (Å²) in [6.45, 7) is 0.378. The van der Waals surface area contributed by atoms with E-state index in [2.05, 4.69) is 30.2 Å². The molecule has 2 aromatic heterocycles. The fourth-order valence-corrected chi connectivity index (χ4v) is 3.57. The monoisotopic (exact) mass is 478 g/mol. The summed E-state index contributed by atoms with van der Waals surface area (Å²) < 4.78 is 70.0. The van der Waals surface area contributed by atoms with Gasteiger partial charge in [0.25, 0.3) is 5.92 Å². The Hall–Kier alpha value is -2.73. The minimum absolute atomic E-state index is 0. The number of piperidine rings is 1. The summed E-state index contributed by atoms with van der Waals surface area (Å²) in [5.41, 5.74) is 1.20. The van der Waals surface area contributed by atoms with Crippen molar-refractivity contribution in [1.82, 2.24) is 25.1 Å². The van der Waals surface area contributed by atoms with E-state index in [4.69, 9.17) is 0 Å². The maximum atomic E-state index is 14.8. The molecule has 0 aliphatic carbocycles. The van der Waals surface area contributed by atoms with Crippen LogP contribution in [0.2, 0.25) is 0 Å². The van der Waals surface area contributed by atoms with E-state index in [1.807, 2.05) is 0 Å². The van der Waals surface area contributed by atoms with E-state index in [9.17, 15) is 22.0 Å². The van der Waals surface area contributed by atoms with Gasteiger partial charge in [-0.05, 0) is 30.5 Å². The molecule has 0 amide bonds. The summed E-state index contributed by atoms with van der Waals surface area (Å²) in [6.07, 6.45) is -1.35. The number of anilines is 1. The highest BCUT2D eigenvalue weighted by atomic mass is 35.5. The fourth-order valence-electron chi connectivity index (χ4n) is 3.57. The number of rotatable bonds is 6. The van der Waals surface area contributed by atoms with Gasteiger partial charge in [0.2, 0.25) is 0 Å². The van der Waals surface area contributed by atoms with Gasteiger partial charge < -0.3 is 10.1 Å². The van der Waals surface area contributed by atoms with E-state index >= 15 is 0 Å². The molecule has 4 rings (SSSR count). The van der Waals surface area contributed by atoms with Crippen LogP contribution in [0, 0.1) is 0 Å². The Morgan fingerprint density at radius 3 is 2.62 bits per heavy atom. The second-order valence-corrected chi connectivity index (χ2v) is 7.32. The Bertz CT molecular complexity index is 1030. The van der Waals surface area contributed by atoms with Crippen LogP contribution in [0.1, 0.15) is 12.0 Å². The normalized spacial score (nSPS) is 18.8. The van der Waals surface area contributed by atoms with Crippen molar-refractivity contribution >= 4 is 29.3 Å². The van der Waals surface area contributed by atoms with Crippen LogP contribution in [0.4, 0.5) is 27.8 Å². The zero-order chi connectivity index (χ0) is 22.1. The number of halogens is 6. The molecule has 3 heterocycles. The lowest BCUT2D eigenvalue weighted by molar-refractivity contribution is -0.274. The Morgan fingerprint density at radius 1 is 1.19 bits per heavy atom. The molecule has 0 bridgehead atoms. The van der Waals surface area contributed by atoms with Gasteiger partial charge in [0.05, 0.1) is 24.2 Å². The Morgan fingerprint density at radius 2 is 1.94 bits per heavy atom. The average molecular weight is 479 g/mol. The number of aromatic nitrogens is 4. The zero-order valence-corrected chi connectivity index (χ0v) is 17.4. The molecular formula is C19H20ClF5N6O. The minimum atomic E-state index is -4.75. The van der Waals surface area contributed by atoms with E-state index in [0.29, 0.717) is 36.4 Å². The van der Waals surface area contributed by atoms with Crippen molar-refractivity contribution in [2.45, 2.75) is 31.2 Å². The van der Waals surface area contributed by atoms with Crippen LogP contribution in [0.25, 0.3) is 11.0 Å². The van der Waals surface area contributed by atoms with Gasteiger partial charge >= 0.3 is 6.36 Å². The van der Waals surface area contributed by atoms with Gasteiger partial charge in [-0.3, -0.25) is 10.00 Å². The van der Waals surface area contributed by atoms with Crippen LogP contribution in [-0.2, 0) is 6.42 Å². The lowest BCUT2D eigenvalue weighted by atomic mass is 10.00. The van der Waals surface area contributed by atoms with Crippen molar-refractivity contribution in [2.75, 3.05) is 25.0 Å². The van der Waals surface area contributed by atoms with Crippen LogP contribution in [0.3, 0.4) is 0 Å². The minimum Gasteiger partial charge on any atom is -0.406 e. The molecule has 0 radical (unpaired) electrons. The number of H-pyrrole nitrogens is 1. The largest absolute Gasteiger partial charge is 0.573 e. The van der Waals surface area contributed by atoms with E-state index in [-0.39, 0.29) is 24.6 Å². The molecule has 7 nitrogen and oxygen atoms in total. The number of hydrogen-bond acceptors (Lipinski definition) is 6. The van der Waals surface area contributed by atoms with Crippen molar-refractivity contribution in [3.8, 4) is 5.75 Å². The molecule has 1 aliphatic heterocycles. The fraction of sp³-hybridized carbons (Fsp3) is 0.421. The molecule has 1 fully saturated rings. The van der Waals surface area contributed by atoms with Crippen LogP contribution in [0.5, 0.6) is 5.75 Å². The van der Waals surface area contributed by atoms with E-state index in [1.54, 1.807) is 4.90 Å². The van der Waals surface area contributed by atoms with Crippen molar-refractivity contribution in [3.63, 3.8) is 0 Å². The number of fused-ring (bicyclic) bond motifs is 1.